The minimum atomic E-state index is 0.405. The van der Waals surface area contributed by atoms with Crippen LogP contribution in [0.2, 0.25) is 5.02 Å². The molecule has 1 aliphatic rings. The van der Waals surface area contributed by atoms with Crippen LogP contribution in [0, 0.1) is 0 Å². The number of piperidine rings is 1. The lowest BCUT2D eigenvalue weighted by Crippen LogP contribution is -2.37. The molecule has 0 bridgehead atoms. The van der Waals surface area contributed by atoms with Gasteiger partial charge in [-0.1, -0.05) is 11.6 Å². The number of benzene rings is 1. The second-order valence-electron chi connectivity index (χ2n) is 6.73. The summed E-state index contributed by atoms with van der Waals surface area (Å²) in [7, 11) is 3.77. The van der Waals surface area contributed by atoms with Gasteiger partial charge >= 0.3 is 0 Å². The molecule has 8 heteroatoms. The molecule has 0 saturated carbocycles. The highest BCUT2D eigenvalue weighted by molar-refractivity contribution is 7.16. The molecule has 6 nitrogen and oxygen atoms in total. The minimum Gasteiger partial charge on any atom is -0.495 e. The van der Waals surface area contributed by atoms with Crippen molar-refractivity contribution in [2.75, 3.05) is 37.9 Å². The second kappa shape index (κ2) is 7.88. The maximum Gasteiger partial charge on any atom is 0.226 e. The molecule has 2 aromatic heterocycles. The maximum atomic E-state index is 6.13. The van der Waals surface area contributed by atoms with Crippen LogP contribution in [0.15, 0.2) is 29.6 Å². The van der Waals surface area contributed by atoms with Gasteiger partial charge in [-0.25, -0.2) is 4.98 Å². The number of likely N-dealkylation sites (tertiary alicyclic amines) is 1. The molecule has 0 unspecified atom stereocenters. The van der Waals surface area contributed by atoms with Crippen molar-refractivity contribution in [3.05, 3.63) is 34.7 Å². The fourth-order valence-electron chi connectivity index (χ4n) is 3.22. The molecule has 2 N–H and O–H groups in total. The molecule has 1 aromatic carbocycles. The number of fused-ring (bicyclic) bond motifs is 1. The van der Waals surface area contributed by atoms with Gasteiger partial charge < -0.3 is 20.3 Å². The molecule has 0 aliphatic carbocycles. The van der Waals surface area contributed by atoms with Crippen LogP contribution in [0.3, 0.4) is 0 Å². The summed E-state index contributed by atoms with van der Waals surface area (Å²) in [6.07, 6.45) is 2.19. The average Bonchev–Trinajstić information content (AvgIpc) is 3.14. The van der Waals surface area contributed by atoms with E-state index in [2.05, 4.69) is 22.6 Å². The smallest absolute Gasteiger partial charge is 0.226 e. The summed E-state index contributed by atoms with van der Waals surface area (Å²) in [6.45, 7) is 2.18. The van der Waals surface area contributed by atoms with Crippen LogP contribution in [-0.4, -0.2) is 48.2 Å². The quantitative estimate of drug-likeness (QED) is 0.649. The van der Waals surface area contributed by atoms with E-state index in [0.29, 0.717) is 22.8 Å². The van der Waals surface area contributed by atoms with Crippen LogP contribution in [0.4, 0.5) is 17.5 Å². The number of nitrogens with zero attached hydrogens (tertiary/aromatic N) is 3. The third kappa shape index (κ3) is 4.10. The first-order chi connectivity index (χ1) is 13.1. The van der Waals surface area contributed by atoms with Gasteiger partial charge in [0.2, 0.25) is 5.95 Å². The zero-order valence-electron chi connectivity index (χ0n) is 15.3. The van der Waals surface area contributed by atoms with Gasteiger partial charge in [0.15, 0.2) is 0 Å². The summed E-state index contributed by atoms with van der Waals surface area (Å²) in [5, 5.41) is 10.5. The van der Waals surface area contributed by atoms with E-state index < -0.39 is 0 Å². The fraction of sp³-hybridized carbons (Fsp3) is 0.368. The van der Waals surface area contributed by atoms with Crippen LogP contribution in [0.1, 0.15) is 12.8 Å². The lowest BCUT2D eigenvalue weighted by molar-refractivity contribution is 0.263. The van der Waals surface area contributed by atoms with Gasteiger partial charge in [-0.05, 0) is 56.6 Å². The number of nitrogens with one attached hydrogen (secondary N) is 2. The molecule has 0 amide bonds. The number of ether oxygens (including phenoxy) is 1. The Morgan fingerprint density at radius 2 is 2.04 bits per heavy atom. The van der Waals surface area contributed by atoms with Crippen molar-refractivity contribution < 1.29 is 4.74 Å². The summed E-state index contributed by atoms with van der Waals surface area (Å²) >= 11 is 7.74. The second-order valence-corrected chi connectivity index (χ2v) is 8.03. The van der Waals surface area contributed by atoms with Crippen molar-refractivity contribution in [2.24, 2.45) is 0 Å². The monoisotopic (exact) mass is 403 g/mol. The Labute approximate surface area is 167 Å². The van der Waals surface area contributed by atoms with Gasteiger partial charge in [-0.2, -0.15) is 4.98 Å². The third-order valence-corrected chi connectivity index (χ3v) is 5.91. The van der Waals surface area contributed by atoms with Gasteiger partial charge in [0.1, 0.15) is 16.4 Å². The first-order valence-electron chi connectivity index (χ1n) is 8.93. The Morgan fingerprint density at radius 3 is 2.81 bits per heavy atom. The fourth-order valence-corrected chi connectivity index (χ4v) is 4.18. The molecule has 0 atom stereocenters. The highest BCUT2D eigenvalue weighted by atomic mass is 35.5. The Kier molecular flexibility index (Phi) is 5.33. The summed E-state index contributed by atoms with van der Waals surface area (Å²) in [4.78, 5) is 12.8. The number of thiophene rings is 1. The molecule has 1 fully saturated rings. The molecule has 0 radical (unpaired) electrons. The molecule has 0 spiro atoms. The SMILES string of the molecule is COc1cc(Nc2nc(NC3CCN(C)CC3)nc3sccc23)ccc1Cl. The highest BCUT2D eigenvalue weighted by Crippen LogP contribution is 2.32. The van der Waals surface area contributed by atoms with Crippen molar-refractivity contribution >= 4 is 50.6 Å². The van der Waals surface area contributed by atoms with Crippen LogP contribution < -0.4 is 15.4 Å². The molecule has 4 rings (SSSR count). The van der Waals surface area contributed by atoms with Crippen LogP contribution in [0.25, 0.3) is 10.2 Å². The van der Waals surface area contributed by atoms with Gasteiger partial charge in [-0.15, -0.1) is 11.3 Å². The number of rotatable bonds is 5. The molecule has 1 aliphatic heterocycles. The molecule has 27 heavy (non-hydrogen) atoms. The van der Waals surface area contributed by atoms with Crippen LogP contribution in [0.5, 0.6) is 5.75 Å². The normalized spacial score (nSPS) is 15.8. The summed E-state index contributed by atoms with van der Waals surface area (Å²) in [6, 6.07) is 8.03. The maximum absolute atomic E-state index is 6.13. The summed E-state index contributed by atoms with van der Waals surface area (Å²) in [5.74, 6) is 2.07. The summed E-state index contributed by atoms with van der Waals surface area (Å²) < 4.78 is 5.31. The van der Waals surface area contributed by atoms with E-state index in [4.69, 9.17) is 26.3 Å². The summed E-state index contributed by atoms with van der Waals surface area (Å²) in [5.41, 5.74) is 0.868. The lowest BCUT2D eigenvalue weighted by atomic mass is 10.1. The number of hydrogen-bond acceptors (Lipinski definition) is 7. The van der Waals surface area contributed by atoms with Crippen LogP contribution in [-0.2, 0) is 0 Å². The third-order valence-electron chi connectivity index (χ3n) is 4.79. The first kappa shape index (κ1) is 18.3. The van der Waals surface area contributed by atoms with Crippen LogP contribution >= 0.6 is 22.9 Å². The highest BCUT2D eigenvalue weighted by Gasteiger charge is 2.18. The van der Waals surface area contributed by atoms with E-state index in [1.807, 2.05) is 29.6 Å². The van der Waals surface area contributed by atoms with Crippen molar-refractivity contribution in [1.29, 1.82) is 0 Å². The molecule has 1 saturated heterocycles. The number of aromatic nitrogens is 2. The van der Waals surface area contributed by atoms with E-state index in [1.165, 1.54) is 0 Å². The Morgan fingerprint density at radius 1 is 1.22 bits per heavy atom. The zero-order valence-corrected chi connectivity index (χ0v) is 16.9. The average molecular weight is 404 g/mol. The molecular weight excluding hydrogens is 382 g/mol. The Bertz CT molecular complexity index is 939. The Balaban J connectivity index is 1.61. The Hall–Kier alpha value is -2.09. The first-order valence-corrected chi connectivity index (χ1v) is 10.2. The van der Waals surface area contributed by atoms with E-state index in [1.54, 1.807) is 18.4 Å². The van der Waals surface area contributed by atoms with Crippen molar-refractivity contribution in [3.63, 3.8) is 0 Å². The minimum absolute atomic E-state index is 0.405. The van der Waals surface area contributed by atoms with Gasteiger partial charge in [-0.3, -0.25) is 0 Å². The number of anilines is 3. The van der Waals surface area contributed by atoms with E-state index in [0.717, 1.165) is 47.7 Å². The predicted octanol–water partition coefficient (Wildman–Crippen LogP) is 4.60. The molecule has 3 aromatic rings. The van der Waals surface area contributed by atoms with Crippen molar-refractivity contribution in [1.82, 2.24) is 14.9 Å². The van der Waals surface area contributed by atoms with Crippen molar-refractivity contribution in [3.8, 4) is 5.75 Å². The number of hydrogen-bond donors (Lipinski definition) is 2. The van der Waals surface area contributed by atoms with E-state index in [9.17, 15) is 0 Å². The van der Waals surface area contributed by atoms with E-state index in [-0.39, 0.29) is 0 Å². The molecule has 3 heterocycles. The molecular formula is C19H22ClN5OS. The van der Waals surface area contributed by atoms with Gasteiger partial charge in [0, 0.05) is 17.8 Å². The zero-order chi connectivity index (χ0) is 18.8. The standard InChI is InChI=1S/C19H22ClN5OS/c1-25-8-5-12(6-9-25)22-19-23-17(14-7-10-27-18(14)24-19)21-13-3-4-15(20)16(11-13)26-2/h3-4,7,10-12H,5-6,8-9H2,1-2H3,(H2,21,22,23,24). The topological polar surface area (TPSA) is 62.3 Å². The largest absolute Gasteiger partial charge is 0.495 e. The molecule has 142 valence electrons. The number of methoxy groups -OCH3 is 1. The van der Waals surface area contributed by atoms with E-state index >= 15 is 0 Å². The van der Waals surface area contributed by atoms with Crippen molar-refractivity contribution in [2.45, 2.75) is 18.9 Å². The predicted molar refractivity (Wildman–Crippen MR) is 113 cm³/mol. The lowest BCUT2D eigenvalue weighted by Gasteiger charge is -2.29. The number of halogens is 1. The van der Waals surface area contributed by atoms with Gasteiger partial charge in [0.05, 0.1) is 17.5 Å². The van der Waals surface area contributed by atoms with Gasteiger partial charge in [0.25, 0.3) is 0 Å².